The average Bonchev–Trinajstić information content (AvgIpc) is 2.34. The smallest absolute Gasteiger partial charge is 0.0505 e. The Labute approximate surface area is 74.9 Å². The fourth-order valence-electron chi connectivity index (χ4n) is 1.94. The molecule has 1 heterocycles. The van der Waals surface area contributed by atoms with Crippen LogP contribution >= 0.6 is 0 Å². The lowest BCUT2D eigenvalue weighted by atomic mass is 10.00. The second kappa shape index (κ2) is 4.80. The van der Waals surface area contributed by atoms with Gasteiger partial charge in [0.2, 0.25) is 0 Å². The molecule has 0 aliphatic carbocycles. The Kier molecular flexibility index (Phi) is 3.98. The number of hydrogen-bond acceptors (Lipinski definition) is 3. The summed E-state index contributed by atoms with van der Waals surface area (Å²) >= 11 is 0. The van der Waals surface area contributed by atoms with Gasteiger partial charge in [-0.3, -0.25) is 0 Å². The largest absolute Gasteiger partial charge is 0.384 e. The molecule has 3 heteroatoms. The zero-order valence-corrected chi connectivity index (χ0v) is 8.12. The minimum Gasteiger partial charge on any atom is -0.384 e. The molecular formula is C9H20N2O. The van der Waals surface area contributed by atoms with Gasteiger partial charge in [0.15, 0.2) is 0 Å². The van der Waals surface area contributed by atoms with Crippen molar-refractivity contribution in [3.63, 3.8) is 0 Å². The highest BCUT2D eigenvalue weighted by Crippen LogP contribution is 2.22. The van der Waals surface area contributed by atoms with Crippen LogP contribution in [-0.4, -0.2) is 44.8 Å². The van der Waals surface area contributed by atoms with Crippen molar-refractivity contribution in [2.24, 2.45) is 17.6 Å². The van der Waals surface area contributed by atoms with Crippen molar-refractivity contribution in [1.82, 2.24) is 4.90 Å². The normalized spacial score (nSPS) is 31.2. The fourth-order valence-corrected chi connectivity index (χ4v) is 1.94. The van der Waals surface area contributed by atoms with Gasteiger partial charge < -0.3 is 15.4 Å². The molecule has 72 valence electrons. The topological polar surface area (TPSA) is 38.5 Å². The van der Waals surface area contributed by atoms with Gasteiger partial charge in [-0.25, -0.2) is 0 Å². The number of rotatable bonds is 4. The number of ether oxygens (including phenoxy) is 1. The summed E-state index contributed by atoms with van der Waals surface area (Å²) in [4.78, 5) is 2.42. The molecule has 0 amide bonds. The van der Waals surface area contributed by atoms with Crippen LogP contribution in [0.1, 0.15) is 6.92 Å². The summed E-state index contributed by atoms with van der Waals surface area (Å²) in [5.74, 6) is 1.47. The van der Waals surface area contributed by atoms with Crippen LogP contribution in [0.4, 0.5) is 0 Å². The fraction of sp³-hybridized carbons (Fsp3) is 1.00. The molecule has 0 bridgehead atoms. The van der Waals surface area contributed by atoms with E-state index in [-0.39, 0.29) is 0 Å². The summed E-state index contributed by atoms with van der Waals surface area (Å²) in [5, 5.41) is 0. The number of hydrogen-bond donors (Lipinski definition) is 1. The van der Waals surface area contributed by atoms with E-state index < -0.39 is 0 Å². The van der Waals surface area contributed by atoms with E-state index in [4.69, 9.17) is 10.5 Å². The summed E-state index contributed by atoms with van der Waals surface area (Å²) < 4.78 is 5.16. The van der Waals surface area contributed by atoms with Gasteiger partial charge >= 0.3 is 0 Å². The van der Waals surface area contributed by atoms with Crippen LogP contribution in [0.5, 0.6) is 0 Å². The van der Waals surface area contributed by atoms with Crippen molar-refractivity contribution in [1.29, 1.82) is 0 Å². The van der Waals surface area contributed by atoms with E-state index in [1.807, 2.05) is 0 Å². The summed E-state index contributed by atoms with van der Waals surface area (Å²) in [7, 11) is 1.78. The van der Waals surface area contributed by atoms with Crippen molar-refractivity contribution >= 4 is 0 Å². The van der Waals surface area contributed by atoms with E-state index >= 15 is 0 Å². The van der Waals surface area contributed by atoms with Gasteiger partial charge in [-0.15, -0.1) is 0 Å². The Morgan fingerprint density at radius 1 is 1.50 bits per heavy atom. The maximum Gasteiger partial charge on any atom is 0.0505 e. The maximum absolute atomic E-state index is 5.50. The molecule has 1 aliphatic heterocycles. The highest BCUT2D eigenvalue weighted by atomic mass is 16.5. The van der Waals surface area contributed by atoms with Crippen molar-refractivity contribution < 1.29 is 4.74 Å². The molecule has 0 aromatic carbocycles. The third-order valence-corrected chi connectivity index (χ3v) is 2.67. The van der Waals surface area contributed by atoms with E-state index in [2.05, 4.69) is 11.8 Å². The van der Waals surface area contributed by atoms with Crippen molar-refractivity contribution in [3.05, 3.63) is 0 Å². The molecular weight excluding hydrogens is 152 g/mol. The first kappa shape index (κ1) is 9.96. The number of methoxy groups -OCH3 is 1. The van der Waals surface area contributed by atoms with Crippen LogP contribution in [0.3, 0.4) is 0 Å². The predicted octanol–water partition coefficient (Wildman–Crippen LogP) is 0.159. The number of likely N-dealkylation sites (tertiary alicyclic amines) is 1. The molecule has 1 aliphatic rings. The molecule has 12 heavy (non-hydrogen) atoms. The van der Waals surface area contributed by atoms with Gasteiger partial charge in [0.1, 0.15) is 0 Å². The third-order valence-electron chi connectivity index (χ3n) is 2.67. The molecule has 2 N–H and O–H groups in total. The first-order chi connectivity index (χ1) is 5.77. The van der Waals surface area contributed by atoms with E-state index in [1.165, 1.54) is 6.54 Å². The Hall–Kier alpha value is -0.120. The van der Waals surface area contributed by atoms with Crippen molar-refractivity contribution in [2.45, 2.75) is 6.92 Å². The molecule has 0 aromatic rings. The average molecular weight is 172 g/mol. The maximum atomic E-state index is 5.50. The Morgan fingerprint density at radius 3 is 2.83 bits per heavy atom. The van der Waals surface area contributed by atoms with Crippen LogP contribution in [0.25, 0.3) is 0 Å². The van der Waals surface area contributed by atoms with Gasteiger partial charge in [-0.1, -0.05) is 6.92 Å². The Balaban J connectivity index is 2.29. The lowest BCUT2D eigenvalue weighted by Gasteiger charge is -2.13. The summed E-state index contributed by atoms with van der Waals surface area (Å²) in [6.45, 7) is 7.33. The molecule has 0 aromatic heterocycles. The number of nitrogens with zero attached hydrogens (tertiary/aromatic N) is 1. The Bertz CT molecular complexity index is 130. The lowest BCUT2D eigenvalue weighted by Crippen LogP contribution is -2.27. The SMILES string of the molecule is COCC1CN(CCN)CC1C. The monoisotopic (exact) mass is 172 g/mol. The summed E-state index contributed by atoms with van der Waals surface area (Å²) in [6.07, 6.45) is 0. The molecule has 0 radical (unpaired) electrons. The Morgan fingerprint density at radius 2 is 2.25 bits per heavy atom. The molecule has 2 atom stereocenters. The summed E-state index contributed by atoms with van der Waals surface area (Å²) in [5.41, 5.74) is 5.50. The van der Waals surface area contributed by atoms with Gasteiger partial charge in [0, 0.05) is 33.3 Å². The van der Waals surface area contributed by atoms with Crippen molar-refractivity contribution in [2.75, 3.05) is 39.9 Å². The lowest BCUT2D eigenvalue weighted by molar-refractivity contribution is 0.140. The second-order valence-electron chi connectivity index (χ2n) is 3.74. The quantitative estimate of drug-likeness (QED) is 0.656. The molecule has 1 fully saturated rings. The van der Waals surface area contributed by atoms with E-state index in [0.717, 1.165) is 32.2 Å². The highest BCUT2D eigenvalue weighted by Gasteiger charge is 2.28. The van der Waals surface area contributed by atoms with E-state index in [1.54, 1.807) is 7.11 Å². The highest BCUT2D eigenvalue weighted by molar-refractivity contribution is 4.81. The van der Waals surface area contributed by atoms with Gasteiger partial charge in [-0.05, 0) is 11.8 Å². The second-order valence-corrected chi connectivity index (χ2v) is 3.74. The first-order valence-electron chi connectivity index (χ1n) is 4.69. The zero-order chi connectivity index (χ0) is 8.97. The minimum absolute atomic E-state index is 0.710. The van der Waals surface area contributed by atoms with E-state index in [9.17, 15) is 0 Å². The minimum atomic E-state index is 0.710. The van der Waals surface area contributed by atoms with Crippen LogP contribution in [0.15, 0.2) is 0 Å². The van der Waals surface area contributed by atoms with E-state index in [0.29, 0.717) is 5.92 Å². The van der Waals surface area contributed by atoms with Crippen molar-refractivity contribution in [3.8, 4) is 0 Å². The molecule has 0 saturated carbocycles. The van der Waals surface area contributed by atoms with Crippen LogP contribution < -0.4 is 5.73 Å². The zero-order valence-electron chi connectivity index (χ0n) is 8.12. The first-order valence-corrected chi connectivity index (χ1v) is 4.69. The third kappa shape index (κ3) is 2.44. The molecule has 0 spiro atoms. The van der Waals surface area contributed by atoms with Gasteiger partial charge in [-0.2, -0.15) is 0 Å². The molecule has 3 nitrogen and oxygen atoms in total. The molecule has 1 rings (SSSR count). The van der Waals surface area contributed by atoms with Gasteiger partial charge in [0.25, 0.3) is 0 Å². The molecule has 2 unspecified atom stereocenters. The predicted molar refractivity (Wildman–Crippen MR) is 50.0 cm³/mol. The summed E-state index contributed by atoms with van der Waals surface area (Å²) in [6, 6.07) is 0. The molecule has 1 saturated heterocycles. The van der Waals surface area contributed by atoms with Gasteiger partial charge in [0.05, 0.1) is 6.61 Å². The number of nitrogens with two attached hydrogens (primary N) is 1. The van der Waals surface area contributed by atoms with Crippen LogP contribution in [-0.2, 0) is 4.74 Å². The van der Waals surface area contributed by atoms with Crippen LogP contribution in [0, 0.1) is 11.8 Å². The van der Waals surface area contributed by atoms with Crippen LogP contribution in [0.2, 0.25) is 0 Å². The standard InChI is InChI=1S/C9H20N2O/c1-8-5-11(4-3-10)6-9(8)7-12-2/h8-9H,3-7,10H2,1-2H3.